The zero-order chi connectivity index (χ0) is 10.4. The third-order valence-corrected chi connectivity index (χ3v) is 1.57. The highest BCUT2D eigenvalue weighted by atomic mass is 32.2. The van der Waals surface area contributed by atoms with E-state index in [1.54, 1.807) is 10.3 Å². The molecule has 0 bridgehead atoms. The Kier molecular flexibility index (Phi) is 4.59. The molecule has 9 heteroatoms. The molecule has 1 rings (SSSR count). The van der Waals surface area contributed by atoms with Crippen molar-refractivity contribution in [2.45, 2.75) is 6.29 Å². The molecular weight excluding hydrogens is 216 g/mol. The number of hydrogen-bond donors (Lipinski definition) is 3. The minimum atomic E-state index is -2.89. The van der Waals surface area contributed by atoms with E-state index >= 15 is 0 Å². The Morgan fingerprint density at radius 2 is 2.21 bits per heavy atom. The molecular formula is C5H10N2O6S. The van der Waals surface area contributed by atoms with Gasteiger partial charge < -0.3 is 14.2 Å². The highest BCUT2D eigenvalue weighted by molar-refractivity contribution is 7.70. The van der Waals surface area contributed by atoms with Crippen LogP contribution in [0.4, 0.5) is 4.79 Å². The molecule has 1 heterocycles. The van der Waals surface area contributed by atoms with Gasteiger partial charge in [0.15, 0.2) is 0 Å². The number of hydrazine groups is 1. The van der Waals surface area contributed by atoms with Crippen LogP contribution in [0.15, 0.2) is 0 Å². The molecule has 1 atom stereocenters. The van der Waals surface area contributed by atoms with Crippen LogP contribution in [0.5, 0.6) is 0 Å². The first kappa shape index (κ1) is 11.2. The van der Waals surface area contributed by atoms with Gasteiger partial charge in [0.2, 0.25) is 17.2 Å². The van der Waals surface area contributed by atoms with E-state index in [9.17, 15) is 13.2 Å². The number of hydrogen-bond acceptors (Lipinski definition) is 6. The van der Waals surface area contributed by atoms with Crippen molar-refractivity contribution in [2.24, 2.45) is 0 Å². The molecule has 1 unspecified atom stereocenters. The predicted octanol–water partition coefficient (Wildman–Crippen LogP) is -1.88. The van der Waals surface area contributed by atoms with Crippen molar-refractivity contribution in [3.8, 4) is 0 Å². The summed E-state index contributed by atoms with van der Waals surface area (Å²) in [4.78, 5) is 12.5. The van der Waals surface area contributed by atoms with Crippen molar-refractivity contribution in [1.82, 2.24) is 10.3 Å². The zero-order valence-electron chi connectivity index (χ0n) is 7.10. The van der Waals surface area contributed by atoms with Crippen molar-refractivity contribution in [3.05, 3.63) is 0 Å². The van der Waals surface area contributed by atoms with Crippen molar-refractivity contribution in [2.75, 3.05) is 19.8 Å². The van der Waals surface area contributed by atoms with Gasteiger partial charge >= 0.3 is 6.09 Å². The van der Waals surface area contributed by atoms with Gasteiger partial charge in [0.1, 0.15) is 6.61 Å². The van der Waals surface area contributed by atoms with Gasteiger partial charge in [-0.3, -0.25) is 0 Å². The fourth-order valence-corrected chi connectivity index (χ4v) is 0.957. The molecule has 0 aromatic heterocycles. The van der Waals surface area contributed by atoms with Crippen LogP contribution in [-0.2, 0) is 25.1 Å². The lowest BCUT2D eigenvalue weighted by atomic mass is 10.6. The first-order valence-corrected chi connectivity index (χ1v) is 4.92. The van der Waals surface area contributed by atoms with Crippen molar-refractivity contribution < 1.29 is 27.4 Å². The Labute approximate surface area is 81.6 Å². The topological polar surface area (TPSA) is 103 Å². The van der Waals surface area contributed by atoms with E-state index < -0.39 is 23.3 Å². The first-order valence-electron chi connectivity index (χ1n) is 3.74. The van der Waals surface area contributed by atoms with Crippen molar-refractivity contribution in [1.29, 1.82) is 0 Å². The van der Waals surface area contributed by atoms with Crippen LogP contribution in [0.3, 0.4) is 0 Å². The van der Waals surface area contributed by atoms with E-state index in [4.69, 9.17) is 9.47 Å². The molecule has 1 saturated heterocycles. The molecule has 0 spiro atoms. The Morgan fingerprint density at radius 1 is 1.43 bits per heavy atom. The van der Waals surface area contributed by atoms with E-state index in [0.717, 1.165) is 0 Å². The second-order valence-electron chi connectivity index (χ2n) is 2.27. The number of carbonyl (C=O) groups excluding carboxylic acids is 1. The molecule has 1 aliphatic rings. The Balaban J connectivity index is 2.18. The van der Waals surface area contributed by atoms with E-state index in [1.165, 1.54) is 0 Å². The van der Waals surface area contributed by atoms with Gasteiger partial charge in [-0.05, 0) is 0 Å². The van der Waals surface area contributed by atoms with Crippen LogP contribution >= 0.6 is 0 Å². The summed E-state index contributed by atoms with van der Waals surface area (Å²) in [6.45, 7) is 0.921. The molecule has 0 saturated carbocycles. The van der Waals surface area contributed by atoms with E-state index in [-0.39, 0.29) is 6.61 Å². The normalized spacial score (nSPS) is 21.9. The van der Waals surface area contributed by atoms with Crippen molar-refractivity contribution in [3.63, 3.8) is 0 Å². The summed E-state index contributed by atoms with van der Waals surface area (Å²) in [6.07, 6.45) is -1.74. The summed E-state index contributed by atoms with van der Waals surface area (Å²) in [5.41, 5.74) is 1.79. The fourth-order valence-electron chi connectivity index (χ4n) is 0.774. The first-order chi connectivity index (χ1) is 6.68. The standard InChI is InChI=1S/C5H10N2O6S/c8-5(6-7-14(9)10)13-4-3-11-1-2-12-4/h4,14H,1-3H2,(H,6,8)(H,7,9,10). The maximum absolute atomic E-state index is 10.8. The SMILES string of the molecule is O=C(NN[SH](=O)=O)OC1COCCO1. The fraction of sp³-hybridized carbons (Fsp3) is 0.800. The molecule has 8 nitrogen and oxygen atoms in total. The summed E-state index contributed by atoms with van der Waals surface area (Å²) < 4.78 is 34.5. The zero-order valence-corrected chi connectivity index (χ0v) is 7.99. The third-order valence-electron chi connectivity index (χ3n) is 1.27. The van der Waals surface area contributed by atoms with Crippen LogP contribution in [-0.4, -0.2) is 40.6 Å². The number of thiol groups is 1. The lowest BCUT2D eigenvalue weighted by Crippen LogP contribution is -2.41. The second kappa shape index (κ2) is 5.75. The van der Waals surface area contributed by atoms with E-state index in [2.05, 4.69) is 4.74 Å². The van der Waals surface area contributed by atoms with Crippen LogP contribution in [0.1, 0.15) is 0 Å². The molecule has 0 aromatic carbocycles. The molecule has 1 fully saturated rings. The number of rotatable bonds is 3. The molecule has 2 N–H and O–H groups in total. The summed E-state index contributed by atoms with van der Waals surface area (Å²) in [5.74, 6) is 0. The molecule has 1 aliphatic heterocycles. The molecule has 82 valence electrons. The summed E-state index contributed by atoms with van der Waals surface area (Å²) in [5, 5.41) is 0. The minimum Gasteiger partial charge on any atom is -0.416 e. The monoisotopic (exact) mass is 226 g/mol. The molecule has 0 aliphatic carbocycles. The van der Waals surface area contributed by atoms with E-state index in [1.807, 2.05) is 0 Å². The lowest BCUT2D eigenvalue weighted by Gasteiger charge is -2.22. The summed E-state index contributed by atoms with van der Waals surface area (Å²) in [6, 6.07) is 0. The quantitative estimate of drug-likeness (QED) is 0.384. The van der Waals surface area contributed by atoms with Crippen LogP contribution in [0.2, 0.25) is 0 Å². The Morgan fingerprint density at radius 3 is 2.79 bits per heavy atom. The van der Waals surface area contributed by atoms with Crippen LogP contribution in [0, 0.1) is 0 Å². The molecule has 14 heavy (non-hydrogen) atoms. The Bertz CT molecular complexity index is 253. The van der Waals surface area contributed by atoms with Gasteiger partial charge in [-0.2, -0.15) is 0 Å². The average Bonchev–Trinajstić information content (AvgIpc) is 2.16. The van der Waals surface area contributed by atoms with Crippen LogP contribution in [0.25, 0.3) is 0 Å². The summed E-state index contributed by atoms with van der Waals surface area (Å²) >= 11 is 0. The number of nitrogens with one attached hydrogen (secondary N) is 2. The molecule has 1 amide bonds. The second-order valence-corrected chi connectivity index (χ2v) is 3.01. The predicted molar refractivity (Wildman–Crippen MR) is 43.6 cm³/mol. The van der Waals surface area contributed by atoms with Gasteiger partial charge in [0, 0.05) is 0 Å². The maximum Gasteiger partial charge on any atom is 0.424 e. The number of carbonyl (C=O) groups is 1. The molecule has 0 aromatic rings. The highest BCUT2D eigenvalue weighted by Crippen LogP contribution is 2.01. The van der Waals surface area contributed by atoms with Crippen LogP contribution < -0.4 is 10.3 Å². The molecule has 0 radical (unpaired) electrons. The average molecular weight is 226 g/mol. The van der Waals surface area contributed by atoms with Crippen molar-refractivity contribution >= 4 is 17.0 Å². The summed E-state index contributed by atoms with van der Waals surface area (Å²) in [7, 11) is -2.89. The minimum absolute atomic E-state index is 0.136. The third kappa shape index (κ3) is 4.37. The van der Waals surface area contributed by atoms with Gasteiger partial charge in [-0.1, -0.05) is 0 Å². The van der Waals surface area contributed by atoms with Gasteiger partial charge in [-0.25, -0.2) is 18.6 Å². The van der Waals surface area contributed by atoms with E-state index in [0.29, 0.717) is 13.2 Å². The lowest BCUT2D eigenvalue weighted by molar-refractivity contribution is -0.184. The largest absolute Gasteiger partial charge is 0.424 e. The number of ether oxygens (including phenoxy) is 3. The highest BCUT2D eigenvalue weighted by Gasteiger charge is 2.18. The maximum atomic E-state index is 10.8. The van der Waals surface area contributed by atoms with Gasteiger partial charge in [0.05, 0.1) is 13.2 Å². The smallest absolute Gasteiger partial charge is 0.416 e. The number of amides is 1. The van der Waals surface area contributed by atoms with Gasteiger partial charge in [0.25, 0.3) is 0 Å². The Hall–Kier alpha value is -0.900. The van der Waals surface area contributed by atoms with Gasteiger partial charge in [-0.15, -0.1) is 4.83 Å².